The van der Waals surface area contributed by atoms with Gasteiger partial charge in [0.05, 0.1) is 26.2 Å². The number of hydrogen-bond acceptors (Lipinski definition) is 4. The zero-order valence-electron chi connectivity index (χ0n) is 16.6. The van der Waals surface area contributed by atoms with Crippen molar-refractivity contribution in [1.29, 1.82) is 0 Å². The van der Waals surface area contributed by atoms with E-state index in [0.717, 1.165) is 42.4 Å². The molecule has 0 atom stereocenters. The van der Waals surface area contributed by atoms with Crippen LogP contribution in [0.3, 0.4) is 0 Å². The number of fused-ring (bicyclic) bond motifs is 4. The van der Waals surface area contributed by atoms with Crippen molar-refractivity contribution in [1.82, 2.24) is 0 Å². The third-order valence-electron chi connectivity index (χ3n) is 6.12. The van der Waals surface area contributed by atoms with E-state index in [1.165, 1.54) is 28.0 Å². The molecule has 5 rings (SSSR count). The van der Waals surface area contributed by atoms with Crippen molar-refractivity contribution in [3.05, 3.63) is 46.5 Å². The maximum atomic E-state index is 5.78. The SMILES string of the molecule is COc1ccc2c(c1OC)C(C)(C)[N+]1=C(C2)c2cc3c(cc2CC1)OCO3.[Cl-]. The van der Waals surface area contributed by atoms with E-state index < -0.39 is 0 Å². The number of nitrogens with zero attached hydrogens (tertiary/aromatic N) is 1. The van der Waals surface area contributed by atoms with Crippen molar-refractivity contribution in [3.8, 4) is 23.0 Å². The van der Waals surface area contributed by atoms with Crippen molar-refractivity contribution < 1.29 is 35.9 Å². The van der Waals surface area contributed by atoms with Gasteiger partial charge in [0.25, 0.3) is 0 Å². The van der Waals surface area contributed by atoms with Crippen LogP contribution in [0.5, 0.6) is 23.0 Å². The van der Waals surface area contributed by atoms with Gasteiger partial charge in [0, 0.05) is 25.8 Å². The first kappa shape index (κ1) is 18.9. The van der Waals surface area contributed by atoms with Crippen molar-refractivity contribution in [2.24, 2.45) is 0 Å². The van der Waals surface area contributed by atoms with E-state index in [1.54, 1.807) is 14.2 Å². The quantitative estimate of drug-likeness (QED) is 0.678. The van der Waals surface area contributed by atoms with Crippen LogP contribution in [-0.2, 0) is 18.4 Å². The molecule has 0 saturated heterocycles. The lowest BCUT2D eigenvalue weighted by Gasteiger charge is -2.36. The van der Waals surface area contributed by atoms with Gasteiger partial charge in [-0.1, -0.05) is 6.07 Å². The Morgan fingerprint density at radius 3 is 2.46 bits per heavy atom. The second-order valence-electron chi connectivity index (χ2n) is 7.78. The predicted molar refractivity (Wildman–Crippen MR) is 102 cm³/mol. The van der Waals surface area contributed by atoms with Crippen LogP contribution in [0.2, 0.25) is 0 Å². The summed E-state index contributed by atoms with van der Waals surface area (Å²) in [4.78, 5) is 0. The number of ether oxygens (including phenoxy) is 4. The van der Waals surface area contributed by atoms with Crippen LogP contribution in [0.25, 0.3) is 0 Å². The Hall–Kier alpha value is -2.40. The van der Waals surface area contributed by atoms with E-state index in [4.69, 9.17) is 18.9 Å². The fraction of sp³-hybridized carbons (Fsp3) is 0.409. The largest absolute Gasteiger partial charge is 1.00 e. The van der Waals surface area contributed by atoms with Gasteiger partial charge in [-0.05, 0) is 29.3 Å². The Morgan fingerprint density at radius 1 is 1.00 bits per heavy atom. The number of benzene rings is 2. The van der Waals surface area contributed by atoms with Crippen LogP contribution in [-0.4, -0.2) is 37.8 Å². The van der Waals surface area contributed by atoms with Crippen LogP contribution < -0.4 is 31.4 Å². The van der Waals surface area contributed by atoms with Crippen LogP contribution >= 0.6 is 0 Å². The Labute approximate surface area is 171 Å². The second-order valence-corrected chi connectivity index (χ2v) is 7.78. The van der Waals surface area contributed by atoms with Gasteiger partial charge in [-0.2, -0.15) is 0 Å². The highest BCUT2D eigenvalue weighted by Crippen LogP contribution is 2.46. The van der Waals surface area contributed by atoms with E-state index in [2.05, 4.69) is 36.6 Å². The summed E-state index contributed by atoms with van der Waals surface area (Å²) < 4.78 is 25.1. The molecule has 28 heavy (non-hydrogen) atoms. The predicted octanol–water partition coefficient (Wildman–Crippen LogP) is 0.286. The molecule has 0 spiro atoms. The molecule has 3 aliphatic heterocycles. The monoisotopic (exact) mass is 401 g/mol. The molecule has 0 saturated carbocycles. The Morgan fingerprint density at radius 2 is 1.75 bits per heavy atom. The first-order valence-corrected chi connectivity index (χ1v) is 9.35. The van der Waals surface area contributed by atoms with Gasteiger partial charge in [-0.25, -0.2) is 4.58 Å². The second kappa shape index (κ2) is 6.59. The molecular formula is C22H24ClNO4. The highest BCUT2D eigenvalue weighted by Gasteiger charge is 2.46. The van der Waals surface area contributed by atoms with Gasteiger partial charge in [0.1, 0.15) is 6.54 Å². The van der Waals surface area contributed by atoms with Gasteiger partial charge in [0.15, 0.2) is 34.2 Å². The lowest BCUT2D eigenvalue weighted by Crippen LogP contribution is -3.00. The molecule has 0 aromatic heterocycles. The van der Waals surface area contributed by atoms with Gasteiger partial charge in [-0.3, -0.25) is 0 Å². The van der Waals surface area contributed by atoms with Crippen LogP contribution in [0.1, 0.15) is 36.1 Å². The van der Waals surface area contributed by atoms with Crippen molar-refractivity contribution in [3.63, 3.8) is 0 Å². The highest BCUT2D eigenvalue weighted by atomic mass is 35.5. The smallest absolute Gasteiger partial charge is 0.231 e. The lowest BCUT2D eigenvalue weighted by molar-refractivity contribution is -0.613. The Balaban J connectivity index is 0.00000192. The highest BCUT2D eigenvalue weighted by molar-refractivity contribution is 6.01. The maximum absolute atomic E-state index is 5.78. The average Bonchev–Trinajstić information content (AvgIpc) is 3.12. The van der Waals surface area contributed by atoms with Crippen molar-refractivity contribution >= 4 is 5.71 Å². The van der Waals surface area contributed by atoms with Gasteiger partial charge < -0.3 is 31.4 Å². The number of halogens is 1. The molecule has 148 valence electrons. The third kappa shape index (κ3) is 2.49. The summed E-state index contributed by atoms with van der Waals surface area (Å²) in [6.45, 7) is 5.81. The minimum atomic E-state index is -0.198. The minimum Gasteiger partial charge on any atom is -1.00 e. The zero-order chi connectivity index (χ0) is 18.8. The number of methoxy groups -OCH3 is 2. The molecule has 2 aromatic carbocycles. The molecule has 3 aliphatic rings. The maximum Gasteiger partial charge on any atom is 0.231 e. The standard InChI is InChI=1S/C22H24NO4.ClH/c1-22(2)20-14(5-6-17(24-3)21(20)25-4)9-16-15-11-19-18(26-12-27-19)10-13(15)7-8-23(16)22;/h5-6,10-11H,7-9,12H2,1-4H3;1H/q+1;/p-1. The minimum absolute atomic E-state index is 0. The van der Waals surface area contributed by atoms with E-state index in [0.29, 0.717) is 6.79 Å². The fourth-order valence-corrected chi connectivity index (χ4v) is 4.88. The van der Waals surface area contributed by atoms with Crippen molar-refractivity contribution in [2.75, 3.05) is 27.6 Å². The molecule has 0 N–H and O–H groups in total. The normalized spacial score (nSPS) is 17.9. The number of hydrogen-bond donors (Lipinski definition) is 0. The molecule has 0 unspecified atom stereocenters. The average molecular weight is 402 g/mol. The summed E-state index contributed by atoms with van der Waals surface area (Å²) in [5, 5.41) is 0. The van der Waals surface area contributed by atoms with E-state index in [-0.39, 0.29) is 17.9 Å². The third-order valence-corrected chi connectivity index (χ3v) is 6.12. The van der Waals surface area contributed by atoms with Gasteiger partial charge in [0.2, 0.25) is 6.79 Å². The Kier molecular flexibility index (Phi) is 4.46. The zero-order valence-corrected chi connectivity index (χ0v) is 17.4. The summed E-state index contributed by atoms with van der Waals surface area (Å²) in [6, 6.07) is 8.48. The van der Waals surface area contributed by atoms with E-state index in [9.17, 15) is 0 Å². The number of rotatable bonds is 2. The topological polar surface area (TPSA) is 39.9 Å². The van der Waals surface area contributed by atoms with Crippen LogP contribution in [0.4, 0.5) is 0 Å². The summed E-state index contributed by atoms with van der Waals surface area (Å²) in [6.07, 6.45) is 1.85. The molecule has 5 nitrogen and oxygen atoms in total. The molecule has 3 heterocycles. The fourth-order valence-electron chi connectivity index (χ4n) is 4.88. The molecule has 0 amide bonds. The van der Waals surface area contributed by atoms with Crippen LogP contribution in [0, 0.1) is 0 Å². The summed E-state index contributed by atoms with van der Waals surface area (Å²) in [5.74, 6) is 3.34. The van der Waals surface area contributed by atoms with Crippen molar-refractivity contribution in [2.45, 2.75) is 32.2 Å². The lowest BCUT2D eigenvalue weighted by atomic mass is 9.78. The molecule has 0 radical (unpaired) electrons. The molecular weight excluding hydrogens is 378 g/mol. The summed E-state index contributed by atoms with van der Waals surface area (Å²) in [5.41, 5.74) is 6.27. The van der Waals surface area contributed by atoms with Gasteiger partial charge >= 0.3 is 0 Å². The molecule has 0 bridgehead atoms. The Bertz CT molecular complexity index is 997. The molecule has 0 aliphatic carbocycles. The summed E-state index contributed by atoms with van der Waals surface area (Å²) in [7, 11) is 3.41. The van der Waals surface area contributed by atoms with Crippen LogP contribution in [0.15, 0.2) is 24.3 Å². The first-order valence-electron chi connectivity index (χ1n) is 9.35. The summed E-state index contributed by atoms with van der Waals surface area (Å²) >= 11 is 0. The molecule has 6 heteroatoms. The van der Waals surface area contributed by atoms with E-state index in [1.807, 2.05) is 6.07 Å². The first-order chi connectivity index (χ1) is 13.0. The van der Waals surface area contributed by atoms with E-state index >= 15 is 0 Å². The van der Waals surface area contributed by atoms with Gasteiger partial charge in [-0.15, -0.1) is 0 Å². The molecule has 2 aromatic rings. The molecule has 0 fully saturated rings.